The van der Waals surface area contributed by atoms with Gasteiger partial charge < -0.3 is 15.4 Å². The van der Waals surface area contributed by atoms with Crippen molar-refractivity contribution in [2.24, 2.45) is 0 Å². The van der Waals surface area contributed by atoms with Crippen LogP contribution < -0.4 is 20.8 Å². The highest BCUT2D eigenvalue weighted by Crippen LogP contribution is 2.24. The summed E-state index contributed by atoms with van der Waals surface area (Å²) in [6.45, 7) is 2.70. The highest BCUT2D eigenvalue weighted by atomic mass is 79.9. The Kier molecular flexibility index (Phi) is 8.62. The predicted octanol–water partition coefficient (Wildman–Crippen LogP) is 6.31. The number of rotatable bonds is 8. The summed E-state index contributed by atoms with van der Waals surface area (Å²) >= 11 is 6.79. The van der Waals surface area contributed by atoms with Crippen LogP contribution in [0, 0.1) is 0 Å². The topological polar surface area (TPSA) is 101 Å². The van der Waals surface area contributed by atoms with Crippen LogP contribution in [0.4, 0.5) is 11.4 Å². The number of nitrogens with zero attached hydrogens (tertiary/aromatic N) is 1. The molecule has 10 heteroatoms. The van der Waals surface area contributed by atoms with E-state index in [0.29, 0.717) is 34.6 Å². The number of aromatic nitrogens is 1. The zero-order chi connectivity index (χ0) is 26.4. The molecule has 8 nitrogen and oxygen atoms in total. The van der Waals surface area contributed by atoms with Crippen molar-refractivity contribution in [2.75, 3.05) is 22.7 Å². The fourth-order valence-corrected chi connectivity index (χ4v) is 4.15. The van der Waals surface area contributed by atoms with E-state index in [-0.39, 0.29) is 5.69 Å². The van der Waals surface area contributed by atoms with Gasteiger partial charge in [0.25, 0.3) is 5.91 Å². The van der Waals surface area contributed by atoms with Crippen LogP contribution in [0.3, 0.4) is 0 Å². The highest BCUT2D eigenvalue weighted by molar-refractivity contribution is 9.10. The van der Waals surface area contributed by atoms with Gasteiger partial charge >= 0.3 is 11.8 Å². The number of fused-ring (bicyclic) bond motifs is 1. The van der Waals surface area contributed by atoms with E-state index in [9.17, 15) is 14.4 Å². The highest BCUT2D eigenvalue weighted by Gasteiger charge is 2.21. The fourth-order valence-electron chi connectivity index (χ4n) is 3.51. The molecule has 3 N–H and O–H groups in total. The van der Waals surface area contributed by atoms with E-state index in [0.717, 1.165) is 21.8 Å². The Morgan fingerprint density at radius 3 is 2.16 bits per heavy atom. The van der Waals surface area contributed by atoms with Crippen LogP contribution >= 0.6 is 31.9 Å². The minimum Gasteiger partial charge on any atom is -0.494 e. The van der Waals surface area contributed by atoms with Crippen LogP contribution in [-0.4, -0.2) is 29.0 Å². The summed E-state index contributed by atoms with van der Waals surface area (Å²) in [7, 11) is 0. The predicted molar refractivity (Wildman–Crippen MR) is 152 cm³/mol. The van der Waals surface area contributed by atoms with E-state index in [2.05, 4.69) is 54.8 Å². The SMILES string of the molecule is CCCCOc1ccc(NC(=O)C(=O)Nn2c(C(=O)Nc3ccc(Br)cc3)cc3cc(Br)ccc32)cc1. The summed E-state index contributed by atoms with van der Waals surface area (Å²) in [6, 6.07) is 20.9. The average Bonchev–Trinajstić information content (AvgIpc) is 3.23. The molecular weight excluding hydrogens is 604 g/mol. The summed E-state index contributed by atoms with van der Waals surface area (Å²) in [5.41, 5.74) is 4.29. The first-order valence-electron chi connectivity index (χ1n) is 11.6. The number of hydrogen-bond donors (Lipinski definition) is 3. The van der Waals surface area contributed by atoms with Gasteiger partial charge in [0, 0.05) is 25.7 Å². The van der Waals surface area contributed by atoms with Gasteiger partial charge in [-0.25, -0.2) is 4.68 Å². The second-order valence-corrected chi connectivity index (χ2v) is 9.98. The van der Waals surface area contributed by atoms with Crippen LogP contribution in [0.5, 0.6) is 5.75 Å². The molecule has 3 aromatic carbocycles. The smallest absolute Gasteiger partial charge is 0.328 e. The molecule has 0 bridgehead atoms. The first-order chi connectivity index (χ1) is 17.8. The lowest BCUT2D eigenvalue weighted by Gasteiger charge is -2.13. The van der Waals surface area contributed by atoms with Crippen LogP contribution in [0.25, 0.3) is 10.9 Å². The lowest BCUT2D eigenvalue weighted by Crippen LogP contribution is -2.36. The number of carbonyl (C=O) groups is 3. The maximum atomic E-state index is 13.1. The summed E-state index contributed by atoms with van der Waals surface area (Å²) < 4.78 is 8.61. The number of carbonyl (C=O) groups excluding carboxylic acids is 3. The van der Waals surface area contributed by atoms with E-state index in [4.69, 9.17) is 4.74 Å². The van der Waals surface area contributed by atoms with Crippen LogP contribution in [0.1, 0.15) is 30.3 Å². The maximum absolute atomic E-state index is 13.1. The molecule has 37 heavy (non-hydrogen) atoms. The van der Waals surface area contributed by atoms with Gasteiger partial charge in [-0.3, -0.25) is 19.8 Å². The van der Waals surface area contributed by atoms with Crippen molar-refractivity contribution in [3.63, 3.8) is 0 Å². The molecule has 4 aromatic rings. The van der Waals surface area contributed by atoms with Crippen molar-refractivity contribution in [3.8, 4) is 5.75 Å². The minimum atomic E-state index is -0.929. The molecule has 0 fully saturated rings. The molecule has 0 atom stereocenters. The van der Waals surface area contributed by atoms with Crippen LogP contribution in [0.2, 0.25) is 0 Å². The molecule has 3 amide bonds. The molecule has 0 spiro atoms. The second kappa shape index (κ2) is 12.1. The number of unbranched alkanes of at least 4 members (excludes halogenated alkanes) is 1. The first kappa shape index (κ1) is 26.4. The molecular formula is C27H24Br2N4O4. The fraction of sp³-hybridized carbons (Fsp3) is 0.148. The molecule has 4 rings (SSSR count). The van der Waals surface area contributed by atoms with Gasteiger partial charge in [-0.2, -0.15) is 0 Å². The standard InChI is InChI=1S/C27H24Br2N4O4/c1-2-3-14-37-22-11-9-21(10-12-22)31-26(35)27(36)32-33-23-13-6-19(29)15-17(23)16-24(33)25(34)30-20-7-4-18(28)5-8-20/h4-13,15-16H,2-3,14H2,1H3,(H,30,34)(H,31,35)(H,32,36). The number of anilines is 2. The summed E-state index contributed by atoms with van der Waals surface area (Å²) in [5, 5.41) is 6.08. The lowest BCUT2D eigenvalue weighted by atomic mass is 10.2. The third kappa shape index (κ3) is 6.78. The summed E-state index contributed by atoms with van der Waals surface area (Å²) in [6.07, 6.45) is 1.98. The minimum absolute atomic E-state index is 0.158. The van der Waals surface area contributed by atoms with E-state index in [1.165, 1.54) is 4.68 Å². The Hall–Kier alpha value is -3.63. The van der Waals surface area contributed by atoms with Crippen molar-refractivity contribution in [2.45, 2.75) is 19.8 Å². The lowest BCUT2D eigenvalue weighted by molar-refractivity contribution is -0.133. The van der Waals surface area contributed by atoms with Crippen LogP contribution in [-0.2, 0) is 9.59 Å². The van der Waals surface area contributed by atoms with Crippen molar-refractivity contribution in [1.29, 1.82) is 0 Å². The van der Waals surface area contributed by atoms with E-state index < -0.39 is 17.7 Å². The van der Waals surface area contributed by atoms with Gasteiger partial charge in [0.15, 0.2) is 0 Å². The van der Waals surface area contributed by atoms with Crippen molar-refractivity contribution >= 4 is 71.9 Å². The summed E-state index contributed by atoms with van der Waals surface area (Å²) in [4.78, 5) is 38.6. The molecule has 0 saturated heterocycles. The van der Waals surface area contributed by atoms with Gasteiger partial charge in [0.05, 0.1) is 12.1 Å². The number of amides is 3. The Bertz CT molecular complexity index is 1430. The van der Waals surface area contributed by atoms with Crippen LogP contribution in [0.15, 0.2) is 81.7 Å². The molecule has 0 aliphatic carbocycles. The molecule has 0 saturated carbocycles. The van der Waals surface area contributed by atoms with Crippen molar-refractivity contribution in [1.82, 2.24) is 4.68 Å². The Labute approximate surface area is 230 Å². The molecule has 0 unspecified atom stereocenters. The number of nitrogens with one attached hydrogen (secondary N) is 3. The van der Waals surface area contributed by atoms with Gasteiger partial charge in [-0.1, -0.05) is 45.2 Å². The number of hydrogen-bond acceptors (Lipinski definition) is 4. The second-order valence-electron chi connectivity index (χ2n) is 8.15. The molecule has 0 aliphatic heterocycles. The zero-order valence-corrected chi connectivity index (χ0v) is 23.1. The third-order valence-corrected chi connectivity index (χ3v) is 6.42. The van der Waals surface area contributed by atoms with Crippen molar-refractivity contribution in [3.05, 3.63) is 87.4 Å². The Balaban J connectivity index is 1.51. The first-order valence-corrected chi connectivity index (χ1v) is 13.2. The summed E-state index contributed by atoms with van der Waals surface area (Å²) in [5.74, 6) is -1.57. The number of halogens is 2. The van der Waals surface area contributed by atoms with E-state index >= 15 is 0 Å². The van der Waals surface area contributed by atoms with E-state index in [1.807, 2.05) is 6.07 Å². The largest absolute Gasteiger partial charge is 0.494 e. The molecule has 190 valence electrons. The molecule has 0 radical (unpaired) electrons. The average molecular weight is 628 g/mol. The maximum Gasteiger partial charge on any atom is 0.328 e. The third-order valence-electron chi connectivity index (χ3n) is 5.40. The van der Waals surface area contributed by atoms with Gasteiger partial charge in [-0.15, -0.1) is 0 Å². The Morgan fingerprint density at radius 2 is 1.46 bits per heavy atom. The zero-order valence-electron chi connectivity index (χ0n) is 19.9. The van der Waals surface area contributed by atoms with Gasteiger partial charge in [0.2, 0.25) is 0 Å². The molecule has 1 heterocycles. The number of benzene rings is 3. The van der Waals surface area contributed by atoms with Gasteiger partial charge in [-0.05, 0) is 79.2 Å². The monoisotopic (exact) mass is 626 g/mol. The van der Waals surface area contributed by atoms with E-state index in [1.54, 1.807) is 66.7 Å². The number of ether oxygens (including phenoxy) is 1. The Morgan fingerprint density at radius 1 is 0.811 bits per heavy atom. The van der Waals surface area contributed by atoms with Crippen molar-refractivity contribution < 1.29 is 19.1 Å². The molecule has 1 aromatic heterocycles. The molecule has 0 aliphatic rings. The van der Waals surface area contributed by atoms with Gasteiger partial charge in [0.1, 0.15) is 11.4 Å². The quantitative estimate of drug-likeness (QED) is 0.157. The normalized spacial score (nSPS) is 10.7.